The number of nitrogens with one attached hydrogen (secondary N) is 1. The molecule has 2 rings (SSSR count). The molecule has 0 aromatic heterocycles. The third-order valence-electron chi connectivity index (χ3n) is 3.89. The van der Waals surface area contributed by atoms with E-state index in [0.717, 1.165) is 5.56 Å². The lowest BCUT2D eigenvalue weighted by atomic mass is 9.86. The van der Waals surface area contributed by atoms with Crippen LogP contribution in [0, 0.1) is 0 Å². The van der Waals surface area contributed by atoms with E-state index in [1.54, 1.807) is 24.3 Å². The van der Waals surface area contributed by atoms with Gasteiger partial charge in [-0.15, -0.1) is 0 Å². The maximum absolute atomic E-state index is 12.2. The van der Waals surface area contributed by atoms with Crippen molar-refractivity contribution in [1.82, 2.24) is 0 Å². The van der Waals surface area contributed by atoms with E-state index in [4.69, 9.17) is 9.47 Å². The second-order valence-electron chi connectivity index (χ2n) is 6.66. The van der Waals surface area contributed by atoms with Crippen LogP contribution >= 0.6 is 0 Å². The SMILES string of the molecule is COC(=O)c1ccccc1Nc1ccc(C(C)(C)C)cc1C(=O)OC. The van der Waals surface area contributed by atoms with E-state index < -0.39 is 11.9 Å². The van der Waals surface area contributed by atoms with Crippen LogP contribution in [0.15, 0.2) is 42.5 Å². The molecule has 0 amide bonds. The van der Waals surface area contributed by atoms with Crippen molar-refractivity contribution in [1.29, 1.82) is 0 Å². The van der Waals surface area contributed by atoms with Gasteiger partial charge in [0.05, 0.1) is 36.7 Å². The Hall–Kier alpha value is -2.82. The summed E-state index contributed by atoms with van der Waals surface area (Å²) in [5.74, 6) is -0.891. The molecule has 0 aliphatic heterocycles. The number of hydrogen-bond donors (Lipinski definition) is 1. The average Bonchev–Trinajstić information content (AvgIpc) is 2.60. The zero-order chi connectivity index (χ0) is 18.6. The summed E-state index contributed by atoms with van der Waals surface area (Å²) in [5.41, 5.74) is 2.83. The summed E-state index contributed by atoms with van der Waals surface area (Å²) in [6, 6.07) is 12.6. The van der Waals surface area contributed by atoms with E-state index in [1.165, 1.54) is 14.2 Å². The van der Waals surface area contributed by atoms with Crippen LogP contribution in [-0.2, 0) is 14.9 Å². The summed E-state index contributed by atoms with van der Waals surface area (Å²) in [4.78, 5) is 24.2. The summed E-state index contributed by atoms with van der Waals surface area (Å²) < 4.78 is 9.72. The summed E-state index contributed by atoms with van der Waals surface area (Å²) in [7, 11) is 2.68. The van der Waals surface area contributed by atoms with Crippen LogP contribution in [0.25, 0.3) is 0 Å². The fourth-order valence-corrected chi connectivity index (χ4v) is 2.42. The first-order chi connectivity index (χ1) is 11.8. The Morgan fingerprint density at radius 3 is 2.00 bits per heavy atom. The molecule has 2 aromatic carbocycles. The van der Waals surface area contributed by atoms with Gasteiger partial charge in [0.15, 0.2) is 0 Å². The molecule has 0 spiro atoms. The van der Waals surface area contributed by atoms with Gasteiger partial charge in [0.1, 0.15) is 0 Å². The van der Waals surface area contributed by atoms with E-state index >= 15 is 0 Å². The van der Waals surface area contributed by atoms with Gasteiger partial charge in [0, 0.05) is 0 Å². The van der Waals surface area contributed by atoms with Crippen molar-refractivity contribution in [3.8, 4) is 0 Å². The summed E-state index contributed by atoms with van der Waals surface area (Å²) >= 11 is 0. The minimum Gasteiger partial charge on any atom is -0.465 e. The lowest BCUT2D eigenvalue weighted by molar-refractivity contribution is 0.0593. The fraction of sp³-hybridized carbons (Fsp3) is 0.300. The maximum Gasteiger partial charge on any atom is 0.339 e. The number of methoxy groups -OCH3 is 2. The number of benzene rings is 2. The minimum atomic E-state index is -0.450. The van der Waals surface area contributed by atoms with Crippen molar-refractivity contribution in [3.63, 3.8) is 0 Å². The van der Waals surface area contributed by atoms with E-state index in [1.807, 2.05) is 18.2 Å². The molecule has 0 unspecified atom stereocenters. The Balaban J connectivity index is 2.50. The van der Waals surface area contributed by atoms with E-state index in [0.29, 0.717) is 22.5 Å². The van der Waals surface area contributed by atoms with Gasteiger partial charge in [-0.3, -0.25) is 0 Å². The number of hydrogen-bond acceptors (Lipinski definition) is 5. The van der Waals surface area contributed by atoms with Crippen molar-refractivity contribution < 1.29 is 19.1 Å². The van der Waals surface area contributed by atoms with Crippen LogP contribution < -0.4 is 5.32 Å². The van der Waals surface area contributed by atoms with Crippen molar-refractivity contribution in [2.45, 2.75) is 26.2 Å². The topological polar surface area (TPSA) is 64.6 Å². The van der Waals surface area contributed by atoms with Gasteiger partial charge in [0.2, 0.25) is 0 Å². The van der Waals surface area contributed by atoms with Crippen LogP contribution in [-0.4, -0.2) is 26.2 Å². The summed E-state index contributed by atoms with van der Waals surface area (Å²) in [6.45, 7) is 6.22. The average molecular weight is 341 g/mol. The Morgan fingerprint density at radius 2 is 1.40 bits per heavy atom. The molecule has 5 heteroatoms. The molecule has 1 N–H and O–H groups in total. The van der Waals surface area contributed by atoms with Crippen LogP contribution in [0.4, 0.5) is 11.4 Å². The molecule has 0 heterocycles. The predicted molar refractivity (Wildman–Crippen MR) is 97.5 cm³/mol. The van der Waals surface area contributed by atoms with Crippen molar-refractivity contribution in [2.24, 2.45) is 0 Å². The molecule has 0 radical (unpaired) electrons. The third-order valence-corrected chi connectivity index (χ3v) is 3.89. The van der Waals surface area contributed by atoms with Crippen molar-refractivity contribution >= 4 is 23.3 Å². The predicted octanol–water partition coefficient (Wildman–Crippen LogP) is 4.30. The second-order valence-corrected chi connectivity index (χ2v) is 6.66. The van der Waals surface area contributed by atoms with Crippen molar-refractivity contribution in [2.75, 3.05) is 19.5 Å². The van der Waals surface area contributed by atoms with Crippen LogP contribution in [0.3, 0.4) is 0 Å². The Kier molecular flexibility index (Phi) is 5.47. The molecule has 0 saturated carbocycles. The molecule has 0 fully saturated rings. The van der Waals surface area contributed by atoms with Crippen molar-refractivity contribution in [3.05, 3.63) is 59.2 Å². The maximum atomic E-state index is 12.2. The highest BCUT2D eigenvalue weighted by atomic mass is 16.5. The first kappa shape index (κ1) is 18.5. The molecule has 0 atom stereocenters. The van der Waals surface area contributed by atoms with Gasteiger partial charge >= 0.3 is 11.9 Å². The quantitative estimate of drug-likeness (QED) is 0.840. The van der Waals surface area contributed by atoms with E-state index in [2.05, 4.69) is 26.1 Å². The Bertz CT molecular complexity index is 791. The monoisotopic (exact) mass is 341 g/mol. The molecule has 0 aliphatic carbocycles. The zero-order valence-electron chi connectivity index (χ0n) is 15.2. The van der Waals surface area contributed by atoms with Gasteiger partial charge in [0.25, 0.3) is 0 Å². The number of para-hydroxylation sites is 1. The number of esters is 2. The van der Waals surface area contributed by atoms with Gasteiger partial charge in [-0.2, -0.15) is 0 Å². The number of ether oxygens (including phenoxy) is 2. The normalized spacial score (nSPS) is 10.9. The lowest BCUT2D eigenvalue weighted by Crippen LogP contribution is -2.14. The molecule has 0 bridgehead atoms. The number of anilines is 2. The minimum absolute atomic E-state index is 0.106. The Morgan fingerprint density at radius 1 is 0.840 bits per heavy atom. The van der Waals surface area contributed by atoms with Crippen LogP contribution in [0.2, 0.25) is 0 Å². The van der Waals surface area contributed by atoms with E-state index in [9.17, 15) is 9.59 Å². The molecular formula is C20H23NO4. The molecule has 25 heavy (non-hydrogen) atoms. The first-order valence-corrected chi connectivity index (χ1v) is 7.95. The fourth-order valence-electron chi connectivity index (χ4n) is 2.42. The van der Waals surface area contributed by atoms with Crippen LogP contribution in [0.1, 0.15) is 47.1 Å². The lowest BCUT2D eigenvalue weighted by Gasteiger charge is -2.21. The van der Waals surface area contributed by atoms with E-state index in [-0.39, 0.29) is 5.41 Å². The molecule has 132 valence electrons. The van der Waals surface area contributed by atoms with Gasteiger partial charge in [-0.1, -0.05) is 39.0 Å². The summed E-state index contributed by atoms with van der Waals surface area (Å²) in [5, 5.41) is 3.15. The highest BCUT2D eigenvalue weighted by Crippen LogP contribution is 2.30. The highest BCUT2D eigenvalue weighted by Gasteiger charge is 2.20. The molecule has 5 nitrogen and oxygen atoms in total. The van der Waals surface area contributed by atoms with Gasteiger partial charge in [-0.05, 0) is 35.2 Å². The number of rotatable bonds is 4. The smallest absolute Gasteiger partial charge is 0.339 e. The highest BCUT2D eigenvalue weighted by molar-refractivity contribution is 6.00. The second kappa shape index (κ2) is 7.38. The summed E-state index contributed by atoms with van der Waals surface area (Å²) in [6.07, 6.45) is 0. The largest absolute Gasteiger partial charge is 0.465 e. The molecule has 0 aliphatic rings. The Labute approximate surface area is 148 Å². The standard InChI is InChI=1S/C20H23NO4/c1-20(2,3)13-10-11-17(15(12-13)19(23)25-5)21-16-9-7-6-8-14(16)18(22)24-4/h6-12,21H,1-5H3. The van der Waals surface area contributed by atoms with Gasteiger partial charge < -0.3 is 14.8 Å². The molecule has 0 saturated heterocycles. The molecular weight excluding hydrogens is 318 g/mol. The first-order valence-electron chi connectivity index (χ1n) is 7.95. The van der Waals surface area contributed by atoms with Gasteiger partial charge in [-0.25, -0.2) is 9.59 Å². The van der Waals surface area contributed by atoms with Crippen LogP contribution in [0.5, 0.6) is 0 Å². The number of carbonyl (C=O) groups excluding carboxylic acids is 2. The zero-order valence-corrected chi connectivity index (χ0v) is 15.2. The molecule has 2 aromatic rings. The third kappa shape index (κ3) is 4.18. The number of carbonyl (C=O) groups is 2.